The molecule has 1 aliphatic rings. The SMILES string of the molecule is C=CCN1CCC(NC(=O)CCCN)CC1. The molecule has 1 saturated heterocycles. The number of carbonyl (C=O) groups excluding carboxylic acids is 1. The van der Waals surface area contributed by atoms with Gasteiger partial charge in [0.05, 0.1) is 0 Å². The maximum atomic E-state index is 11.5. The molecule has 1 aliphatic heterocycles. The van der Waals surface area contributed by atoms with E-state index in [2.05, 4.69) is 16.8 Å². The van der Waals surface area contributed by atoms with E-state index < -0.39 is 0 Å². The van der Waals surface area contributed by atoms with Crippen molar-refractivity contribution >= 4 is 5.91 Å². The Morgan fingerprint density at radius 3 is 2.75 bits per heavy atom. The molecule has 1 heterocycles. The average molecular weight is 225 g/mol. The molecule has 0 aliphatic carbocycles. The molecule has 0 aromatic rings. The first-order chi connectivity index (χ1) is 7.76. The van der Waals surface area contributed by atoms with Crippen molar-refractivity contribution in [3.05, 3.63) is 12.7 Å². The third kappa shape index (κ3) is 4.77. The normalized spacial score (nSPS) is 18.3. The largest absolute Gasteiger partial charge is 0.353 e. The van der Waals surface area contributed by atoms with Gasteiger partial charge in [-0.25, -0.2) is 0 Å². The highest BCUT2D eigenvalue weighted by atomic mass is 16.1. The van der Waals surface area contributed by atoms with Gasteiger partial charge in [-0.05, 0) is 25.8 Å². The van der Waals surface area contributed by atoms with Gasteiger partial charge in [-0.15, -0.1) is 6.58 Å². The van der Waals surface area contributed by atoms with Crippen LogP contribution in [0.15, 0.2) is 12.7 Å². The molecule has 3 N–H and O–H groups in total. The fraction of sp³-hybridized carbons (Fsp3) is 0.750. The van der Waals surface area contributed by atoms with Crippen molar-refractivity contribution in [3.63, 3.8) is 0 Å². The summed E-state index contributed by atoms with van der Waals surface area (Å²) in [5.41, 5.74) is 5.37. The molecule has 1 fully saturated rings. The predicted octanol–water partition coefficient (Wildman–Crippen LogP) is 0.492. The third-order valence-corrected chi connectivity index (χ3v) is 2.95. The van der Waals surface area contributed by atoms with E-state index in [1.54, 1.807) is 0 Å². The molecule has 0 aromatic heterocycles. The smallest absolute Gasteiger partial charge is 0.220 e. The molecule has 4 heteroatoms. The van der Waals surface area contributed by atoms with E-state index in [9.17, 15) is 4.79 Å². The monoisotopic (exact) mass is 225 g/mol. The fourth-order valence-corrected chi connectivity index (χ4v) is 2.00. The lowest BCUT2D eigenvalue weighted by Gasteiger charge is -2.31. The summed E-state index contributed by atoms with van der Waals surface area (Å²) in [6.45, 7) is 7.37. The molecule has 0 unspecified atom stereocenters. The van der Waals surface area contributed by atoms with Gasteiger partial charge in [0, 0.05) is 32.1 Å². The number of nitrogens with one attached hydrogen (secondary N) is 1. The van der Waals surface area contributed by atoms with Crippen LogP contribution in [-0.2, 0) is 4.79 Å². The summed E-state index contributed by atoms with van der Waals surface area (Å²) in [5.74, 6) is 0.146. The summed E-state index contributed by atoms with van der Waals surface area (Å²) in [6, 6.07) is 0.353. The van der Waals surface area contributed by atoms with Crippen LogP contribution in [0.3, 0.4) is 0 Å². The number of hydrogen-bond donors (Lipinski definition) is 2. The number of amides is 1. The summed E-state index contributed by atoms with van der Waals surface area (Å²) >= 11 is 0. The van der Waals surface area contributed by atoms with Crippen LogP contribution in [0.5, 0.6) is 0 Å². The second-order valence-electron chi connectivity index (χ2n) is 4.32. The zero-order valence-corrected chi connectivity index (χ0v) is 9.95. The lowest BCUT2D eigenvalue weighted by atomic mass is 10.0. The second kappa shape index (κ2) is 7.41. The maximum Gasteiger partial charge on any atom is 0.220 e. The topological polar surface area (TPSA) is 58.4 Å². The van der Waals surface area contributed by atoms with Gasteiger partial charge in [0.25, 0.3) is 0 Å². The molecule has 0 radical (unpaired) electrons. The second-order valence-corrected chi connectivity index (χ2v) is 4.32. The summed E-state index contributed by atoms with van der Waals surface area (Å²) in [7, 11) is 0. The van der Waals surface area contributed by atoms with Crippen LogP contribution >= 0.6 is 0 Å². The van der Waals surface area contributed by atoms with Crippen molar-refractivity contribution in [1.82, 2.24) is 10.2 Å². The van der Waals surface area contributed by atoms with E-state index in [0.717, 1.165) is 38.9 Å². The van der Waals surface area contributed by atoms with Crippen LogP contribution in [0.2, 0.25) is 0 Å². The van der Waals surface area contributed by atoms with E-state index >= 15 is 0 Å². The number of likely N-dealkylation sites (tertiary alicyclic amines) is 1. The Morgan fingerprint density at radius 1 is 1.50 bits per heavy atom. The van der Waals surface area contributed by atoms with Crippen LogP contribution in [0.25, 0.3) is 0 Å². The number of hydrogen-bond acceptors (Lipinski definition) is 3. The Hall–Kier alpha value is -0.870. The Balaban J connectivity index is 2.16. The molecule has 1 rings (SSSR count). The van der Waals surface area contributed by atoms with Crippen molar-refractivity contribution in [2.24, 2.45) is 5.73 Å². The molecule has 92 valence electrons. The molecule has 4 nitrogen and oxygen atoms in total. The van der Waals surface area contributed by atoms with Crippen molar-refractivity contribution in [2.75, 3.05) is 26.2 Å². The molecule has 0 bridgehead atoms. The van der Waals surface area contributed by atoms with Gasteiger partial charge >= 0.3 is 0 Å². The van der Waals surface area contributed by atoms with Gasteiger partial charge in [0.2, 0.25) is 5.91 Å². The Kier molecular flexibility index (Phi) is 6.11. The minimum Gasteiger partial charge on any atom is -0.353 e. The van der Waals surface area contributed by atoms with E-state index in [4.69, 9.17) is 5.73 Å². The average Bonchev–Trinajstić information content (AvgIpc) is 2.29. The quantitative estimate of drug-likeness (QED) is 0.647. The van der Waals surface area contributed by atoms with Crippen LogP contribution in [-0.4, -0.2) is 43.0 Å². The van der Waals surface area contributed by atoms with Gasteiger partial charge in [0.15, 0.2) is 0 Å². The van der Waals surface area contributed by atoms with Gasteiger partial charge in [-0.1, -0.05) is 6.08 Å². The number of carbonyl (C=O) groups is 1. The molecular weight excluding hydrogens is 202 g/mol. The minimum absolute atomic E-state index is 0.146. The van der Waals surface area contributed by atoms with Crippen LogP contribution in [0.4, 0.5) is 0 Å². The molecular formula is C12H23N3O. The standard InChI is InChI=1S/C12H23N3O/c1-2-8-15-9-5-11(6-10-15)14-12(16)4-3-7-13/h2,11H,1,3-10,13H2,(H,14,16). The number of nitrogens with zero attached hydrogens (tertiary/aromatic N) is 1. The Morgan fingerprint density at radius 2 is 2.19 bits per heavy atom. The van der Waals surface area contributed by atoms with E-state index in [1.165, 1.54) is 0 Å². The molecule has 1 amide bonds. The first-order valence-electron chi connectivity index (χ1n) is 6.09. The first-order valence-corrected chi connectivity index (χ1v) is 6.09. The van der Waals surface area contributed by atoms with Crippen molar-refractivity contribution in [3.8, 4) is 0 Å². The van der Waals surface area contributed by atoms with Crippen molar-refractivity contribution in [2.45, 2.75) is 31.7 Å². The number of rotatable bonds is 6. The zero-order valence-electron chi connectivity index (χ0n) is 9.95. The van der Waals surface area contributed by atoms with E-state index in [-0.39, 0.29) is 5.91 Å². The highest BCUT2D eigenvalue weighted by molar-refractivity contribution is 5.76. The van der Waals surface area contributed by atoms with Crippen molar-refractivity contribution < 1.29 is 4.79 Å². The molecule has 0 atom stereocenters. The summed E-state index contributed by atoms with van der Waals surface area (Å²) in [5, 5.41) is 3.07. The predicted molar refractivity (Wildman–Crippen MR) is 66.1 cm³/mol. The van der Waals surface area contributed by atoms with Crippen LogP contribution in [0, 0.1) is 0 Å². The third-order valence-electron chi connectivity index (χ3n) is 2.95. The summed E-state index contributed by atoms with van der Waals surface area (Å²) < 4.78 is 0. The number of piperidine rings is 1. The van der Waals surface area contributed by atoms with Gasteiger partial charge in [-0.2, -0.15) is 0 Å². The summed E-state index contributed by atoms with van der Waals surface area (Å²) in [4.78, 5) is 13.8. The lowest BCUT2D eigenvalue weighted by molar-refractivity contribution is -0.122. The molecule has 16 heavy (non-hydrogen) atoms. The maximum absolute atomic E-state index is 11.5. The first kappa shape index (κ1) is 13.2. The van der Waals surface area contributed by atoms with E-state index in [1.807, 2.05) is 6.08 Å². The summed E-state index contributed by atoms with van der Waals surface area (Å²) in [6.07, 6.45) is 5.36. The molecule has 0 spiro atoms. The fourth-order valence-electron chi connectivity index (χ4n) is 2.00. The van der Waals surface area contributed by atoms with Gasteiger partial charge in [0.1, 0.15) is 0 Å². The lowest BCUT2D eigenvalue weighted by Crippen LogP contribution is -2.44. The van der Waals surface area contributed by atoms with E-state index in [0.29, 0.717) is 19.0 Å². The Bertz CT molecular complexity index is 222. The minimum atomic E-state index is 0.146. The highest BCUT2D eigenvalue weighted by Crippen LogP contribution is 2.10. The Labute approximate surface area is 97.9 Å². The number of nitrogens with two attached hydrogens (primary N) is 1. The molecule has 0 saturated carbocycles. The van der Waals surface area contributed by atoms with Crippen LogP contribution in [0.1, 0.15) is 25.7 Å². The molecule has 0 aromatic carbocycles. The van der Waals surface area contributed by atoms with Gasteiger partial charge < -0.3 is 11.1 Å². The van der Waals surface area contributed by atoms with Gasteiger partial charge in [-0.3, -0.25) is 9.69 Å². The highest BCUT2D eigenvalue weighted by Gasteiger charge is 2.19. The van der Waals surface area contributed by atoms with Crippen LogP contribution < -0.4 is 11.1 Å². The zero-order chi connectivity index (χ0) is 11.8. The van der Waals surface area contributed by atoms with Crippen molar-refractivity contribution in [1.29, 1.82) is 0 Å².